The highest BCUT2D eigenvalue weighted by Crippen LogP contribution is 2.26. The van der Waals surface area contributed by atoms with Crippen LogP contribution in [0.25, 0.3) is 10.9 Å². The van der Waals surface area contributed by atoms with Gasteiger partial charge in [-0.3, -0.25) is 19.1 Å². The van der Waals surface area contributed by atoms with Crippen LogP contribution in [0.3, 0.4) is 0 Å². The molecule has 2 aromatic heterocycles. The quantitative estimate of drug-likeness (QED) is 0.747. The summed E-state index contributed by atoms with van der Waals surface area (Å²) in [6.07, 6.45) is 5.69. The first-order chi connectivity index (χ1) is 11.6. The molecule has 4 heterocycles. The Kier molecular flexibility index (Phi) is 3.68. The maximum Gasteiger partial charge on any atom is 0.265 e. The van der Waals surface area contributed by atoms with Gasteiger partial charge in [-0.15, -0.1) is 0 Å². The number of rotatable bonds is 1. The average Bonchev–Trinajstić information content (AvgIpc) is 2.98. The van der Waals surface area contributed by atoms with Crippen LogP contribution in [-0.4, -0.2) is 27.8 Å². The SMILES string of the molecule is CC1CN=C(n2ccc3c(cc4n3CCCC4)c2=O)C(C=O)=C1Cl. The van der Waals surface area contributed by atoms with Crippen molar-refractivity contribution in [3.8, 4) is 0 Å². The van der Waals surface area contributed by atoms with Crippen LogP contribution in [0, 0.1) is 5.92 Å². The predicted octanol–water partition coefficient (Wildman–Crippen LogP) is 2.73. The zero-order chi connectivity index (χ0) is 16.8. The van der Waals surface area contributed by atoms with Crippen LogP contribution < -0.4 is 5.56 Å². The third-order valence-electron chi connectivity index (χ3n) is 4.91. The third kappa shape index (κ3) is 2.18. The first-order valence-corrected chi connectivity index (χ1v) is 8.63. The van der Waals surface area contributed by atoms with Crippen molar-refractivity contribution in [2.75, 3.05) is 6.54 Å². The summed E-state index contributed by atoms with van der Waals surface area (Å²) in [5.74, 6) is 0.348. The summed E-state index contributed by atoms with van der Waals surface area (Å²) < 4.78 is 3.67. The number of aliphatic imine (C=N–C) groups is 1. The fourth-order valence-electron chi connectivity index (χ4n) is 3.60. The molecule has 5 nitrogen and oxygen atoms in total. The van der Waals surface area contributed by atoms with E-state index in [2.05, 4.69) is 9.56 Å². The van der Waals surface area contributed by atoms with Gasteiger partial charge in [0.05, 0.1) is 16.5 Å². The molecular formula is C18H18ClN3O2. The first kappa shape index (κ1) is 15.4. The number of fused-ring (bicyclic) bond motifs is 3. The third-order valence-corrected chi connectivity index (χ3v) is 5.49. The lowest BCUT2D eigenvalue weighted by Gasteiger charge is -2.20. The summed E-state index contributed by atoms with van der Waals surface area (Å²) in [6.45, 7) is 3.34. The van der Waals surface area contributed by atoms with E-state index in [4.69, 9.17) is 11.6 Å². The van der Waals surface area contributed by atoms with Gasteiger partial charge in [-0.25, -0.2) is 0 Å². The van der Waals surface area contributed by atoms with E-state index in [1.165, 1.54) is 10.3 Å². The van der Waals surface area contributed by atoms with Crippen LogP contribution >= 0.6 is 11.6 Å². The van der Waals surface area contributed by atoms with Gasteiger partial charge in [0, 0.05) is 35.9 Å². The molecular weight excluding hydrogens is 326 g/mol. The number of allylic oxidation sites excluding steroid dienone is 1. The highest BCUT2D eigenvalue weighted by atomic mass is 35.5. The van der Waals surface area contributed by atoms with Crippen molar-refractivity contribution < 1.29 is 4.79 Å². The molecule has 124 valence electrons. The number of aryl methyl sites for hydroxylation is 2. The highest BCUT2D eigenvalue weighted by molar-refractivity contribution is 6.36. The summed E-state index contributed by atoms with van der Waals surface area (Å²) in [5.41, 5.74) is 2.32. The molecule has 0 saturated carbocycles. The maximum atomic E-state index is 13.0. The Labute approximate surface area is 144 Å². The molecule has 0 fully saturated rings. The number of pyridine rings is 1. The number of aldehydes is 1. The second-order valence-electron chi connectivity index (χ2n) is 6.48. The molecule has 0 N–H and O–H groups in total. The van der Waals surface area contributed by atoms with E-state index in [1.807, 2.05) is 19.1 Å². The zero-order valence-corrected chi connectivity index (χ0v) is 14.2. The molecule has 1 atom stereocenters. The minimum atomic E-state index is -0.147. The lowest BCUT2D eigenvalue weighted by Crippen LogP contribution is -2.32. The van der Waals surface area contributed by atoms with Crippen molar-refractivity contribution in [3.05, 3.63) is 45.0 Å². The van der Waals surface area contributed by atoms with Gasteiger partial charge in [0.2, 0.25) is 0 Å². The van der Waals surface area contributed by atoms with E-state index in [9.17, 15) is 9.59 Å². The molecule has 2 aromatic rings. The monoisotopic (exact) mass is 343 g/mol. The summed E-state index contributed by atoms with van der Waals surface area (Å²) in [4.78, 5) is 28.9. The molecule has 0 amide bonds. The molecule has 2 aliphatic heterocycles. The number of dihydropyridines is 1. The normalized spacial score (nSPS) is 20.9. The largest absolute Gasteiger partial charge is 0.344 e. The van der Waals surface area contributed by atoms with Crippen molar-refractivity contribution in [1.82, 2.24) is 9.13 Å². The van der Waals surface area contributed by atoms with Crippen molar-refractivity contribution in [2.24, 2.45) is 10.9 Å². The van der Waals surface area contributed by atoms with Crippen molar-refractivity contribution >= 4 is 34.6 Å². The second-order valence-corrected chi connectivity index (χ2v) is 6.89. The van der Waals surface area contributed by atoms with Crippen molar-refractivity contribution in [3.63, 3.8) is 0 Å². The predicted molar refractivity (Wildman–Crippen MR) is 94.9 cm³/mol. The molecule has 0 radical (unpaired) electrons. The van der Waals surface area contributed by atoms with Gasteiger partial charge < -0.3 is 4.57 Å². The van der Waals surface area contributed by atoms with E-state index < -0.39 is 0 Å². The number of hydrogen-bond acceptors (Lipinski definition) is 3. The van der Waals surface area contributed by atoms with Crippen LogP contribution in [0.2, 0.25) is 0 Å². The molecule has 0 aliphatic carbocycles. The van der Waals surface area contributed by atoms with Gasteiger partial charge >= 0.3 is 0 Å². The van der Waals surface area contributed by atoms with Gasteiger partial charge in [-0.2, -0.15) is 0 Å². The number of carbonyl (C=O) groups excluding carboxylic acids is 1. The van der Waals surface area contributed by atoms with Crippen LogP contribution in [-0.2, 0) is 17.8 Å². The average molecular weight is 344 g/mol. The lowest BCUT2D eigenvalue weighted by molar-refractivity contribution is -0.104. The Bertz CT molecular complexity index is 965. The Morgan fingerprint density at radius 3 is 3.00 bits per heavy atom. The van der Waals surface area contributed by atoms with Crippen molar-refractivity contribution in [1.29, 1.82) is 0 Å². The molecule has 4 rings (SSSR count). The van der Waals surface area contributed by atoms with Crippen LogP contribution in [0.4, 0.5) is 0 Å². The molecule has 6 heteroatoms. The smallest absolute Gasteiger partial charge is 0.265 e. The molecule has 0 aromatic carbocycles. The molecule has 2 aliphatic rings. The van der Waals surface area contributed by atoms with Gasteiger partial charge in [-0.05, 0) is 31.4 Å². The molecule has 24 heavy (non-hydrogen) atoms. The van der Waals surface area contributed by atoms with E-state index >= 15 is 0 Å². The molecule has 1 unspecified atom stereocenters. The lowest BCUT2D eigenvalue weighted by atomic mass is 10.0. The Morgan fingerprint density at radius 1 is 1.38 bits per heavy atom. The summed E-state index contributed by atoms with van der Waals surface area (Å²) in [7, 11) is 0. The zero-order valence-electron chi connectivity index (χ0n) is 13.5. The summed E-state index contributed by atoms with van der Waals surface area (Å²) in [5, 5.41) is 1.15. The van der Waals surface area contributed by atoms with E-state index in [1.54, 1.807) is 6.20 Å². The van der Waals surface area contributed by atoms with Crippen LogP contribution in [0.1, 0.15) is 25.5 Å². The summed E-state index contributed by atoms with van der Waals surface area (Å²) >= 11 is 6.28. The summed E-state index contributed by atoms with van der Waals surface area (Å²) in [6, 6.07) is 3.91. The van der Waals surface area contributed by atoms with E-state index in [0.29, 0.717) is 34.7 Å². The van der Waals surface area contributed by atoms with Gasteiger partial charge in [0.25, 0.3) is 5.56 Å². The van der Waals surface area contributed by atoms with Gasteiger partial charge in [0.1, 0.15) is 5.84 Å². The number of carbonyl (C=O) groups is 1. The fraction of sp³-hybridized carbons (Fsp3) is 0.389. The van der Waals surface area contributed by atoms with Crippen LogP contribution in [0.5, 0.6) is 0 Å². The Hall–Kier alpha value is -2.14. The van der Waals surface area contributed by atoms with Crippen LogP contribution in [0.15, 0.2) is 38.7 Å². The number of hydrogen-bond donors (Lipinski definition) is 0. The van der Waals surface area contributed by atoms with Gasteiger partial charge in [0.15, 0.2) is 6.29 Å². The van der Waals surface area contributed by atoms with E-state index in [0.717, 1.165) is 31.3 Å². The molecule has 0 spiro atoms. The maximum absolute atomic E-state index is 13.0. The molecule has 0 saturated heterocycles. The molecule has 0 bridgehead atoms. The van der Waals surface area contributed by atoms with E-state index in [-0.39, 0.29) is 11.5 Å². The first-order valence-electron chi connectivity index (χ1n) is 8.25. The number of nitrogens with zero attached hydrogens (tertiary/aromatic N) is 3. The number of aromatic nitrogens is 2. The fourth-order valence-corrected chi connectivity index (χ4v) is 3.80. The Morgan fingerprint density at radius 2 is 2.21 bits per heavy atom. The van der Waals surface area contributed by atoms with Crippen molar-refractivity contribution in [2.45, 2.75) is 32.7 Å². The minimum absolute atomic E-state index is 0.00292. The topological polar surface area (TPSA) is 56.4 Å². The minimum Gasteiger partial charge on any atom is -0.344 e. The number of halogens is 1. The second kappa shape index (κ2) is 5.74. The van der Waals surface area contributed by atoms with Gasteiger partial charge in [-0.1, -0.05) is 18.5 Å². The Balaban J connectivity index is 1.91. The standard InChI is InChI=1S/C18H18ClN3O2/c1-11-9-20-17(14(10-23)16(11)19)22-7-5-15-13(18(22)24)8-12-4-2-3-6-21(12)15/h5,7-8,10-11H,2-4,6,9H2,1H3. The highest BCUT2D eigenvalue weighted by Gasteiger charge is 2.24.